The molecule has 0 saturated heterocycles. The van der Waals surface area contributed by atoms with Crippen LogP contribution in [0.5, 0.6) is 17.2 Å². The summed E-state index contributed by atoms with van der Waals surface area (Å²) in [5.41, 5.74) is 0.165. The molecule has 3 aromatic rings. The Balaban J connectivity index is 1.66. The van der Waals surface area contributed by atoms with Gasteiger partial charge in [-0.3, -0.25) is 0 Å². The van der Waals surface area contributed by atoms with E-state index in [0.29, 0.717) is 28.0 Å². The fourth-order valence-electron chi connectivity index (χ4n) is 4.73. The summed E-state index contributed by atoms with van der Waals surface area (Å²) in [4.78, 5) is -0.0739. The summed E-state index contributed by atoms with van der Waals surface area (Å²) in [5.74, 6) is -2.77. The van der Waals surface area contributed by atoms with Crippen LogP contribution in [0.3, 0.4) is 0 Å². The summed E-state index contributed by atoms with van der Waals surface area (Å²) in [6.07, 6.45) is 0.334. The van der Waals surface area contributed by atoms with Crippen LogP contribution in [0.1, 0.15) is 31.9 Å². The molecule has 0 unspecified atom stereocenters. The maximum atomic E-state index is 15.6. The van der Waals surface area contributed by atoms with E-state index in [9.17, 15) is 13.5 Å². The first-order valence-electron chi connectivity index (χ1n) is 11.2. The number of sulfone groups is 1. The number of halogens is 3. The molecule has 6 nitrogen and oxygen atoms in total. The molecule has 3 N–H and O–H groups in total. The lowest BCUT2D eigenvalue weighted by Crippen LogP contribution is -2.35. The van der Waals surface area contributed by atoms with Gasteiger partial charge in [0.25, 0.3) is 0 Å². The van der Waals surface area contributed by atoms with Gasteiger partial charge in [0, 0.05) is 11.3 Å². The third-order valence-electron chi connectivity index (χ3n) is 6.19. The highest BCUT2D eigenvalue weighted by atomic mass is 79.9. The number of fused-ring (bicyclic) bond motifs is 1. The number of allylic oxidation sites excluding steroid dienone is 1. The van der Waals surface area contributed by atoms with Gasteiger partial charge in [-0.25, -0.2) is 12.8 Å². The van der Waals surface area contributed by atoms with Gasteiger partial charge < -0.3 is 20.5 Å². The molecule has 0 bridgehead atoms. The van der Waals surface area contributed by atoms with Crippen LogP contribution in [0.2, 0.25) is 0 Å². The minimum atomic E-state index is -3.89. The minimum absolute atomic E-state index is 0.0739. The third kappa shape index (κ3) is 4.32. The van der Waals surface area contributed by atoms with Crippen molar-refractivity contribution >= 4 is 37.1 Å². The molecule has 0 spiro atoms. The molecule has 0 aromatic heterocycles. The first-order valence-corrected chi connectivity index (χ1v) is 13.6. The summed E-state index contributed by atoms with van der Waals surface area (Å²) in [7, 11) is -3.89. The van der Waals surface area contributed by atoms with E-state index < -0.39 is 32.9 Å². The van der Waals surface area contributed by atoms with Crippen LogP contribution in [0.15, 0.2) is 69.7 Å². The lowest BCUT2D eigenvalue weighted by Gasteiger charge is -2.34. The van der Waals surface area contributed by atoms with Crippen molar-refractivity contribution in [1.29, 1.82) is 0 Å². The van der Waals surface area contributed by atoms with Crippen LogP contribution >= 0.6 is 15.9 Å². The zero-order chi connectivity index (χ0) is 25.8. The topological polar surface area (TPSA) is 87.7 Å². The molecule has 2 aliphatic rings. The molecule has 0 fully saturated rings. The number of hydrogen-bond donors (Lipinski definition) is 3. The molecule has 2 heterocycles. The second kappa shape index (κ2) is 8.77. The van der Waals surface area contributed by atoms with E-state index in [0.717, 1.165) is 0 Å². The van der Waals surface area contributed by atoms with E-state index in [1.54, 1.807) is 36.4 Å². The summed E-state index contributed by atoms with van der Waals surface area (Å²) >= 11 is 3.31. The Labute approximate surface area is 216 Å². The van der Waals surface area contributed by atoms with Gasteiger partial charge in [-0.1, -0.05) is 32.0 Å². The molecule has 0 saturated carbocycles. The van der Waals surface area contributed by atoms with Crippen LogP contribution in [0, 0.1) is 17.0 Å². The Hall–Kier alpha value is -3.11. The molecule has 3 aromatic carbocycles. The number of nitrogens with one attached hydrogen (secondary N) is 2. The molecule has 36 heavy (non-hydrogen) atoms. The summed E-state index contributed by atoms with van der Waals surface area (Å²) in [5, 5.41) is 16.6. The van der Waals surface area contributed by atoms with Crippen LogP contribution in [0.4, 0.5) is 20.2 Å². The van der Waals surface area contributed by atoms with Gasteiger partial charge >= 0.3 is 0 Å². The Morgan fingerprint density at radius 2 is 1.78 bits per heavy atom. The molecule has 10 heteroatoms. The van der Waals surface area contributed by atoms with Crippen LogP contribution < -0.4 is 15.4 Å². The molecule has 0 aliphatic carbocycles. The second-order valence-electron chi connectivity index (χ2n) is 9.66. The Morgan fingerprint density at radius 3 is 2.53 bits per heavy atom. The Morgan fingerprint density at radius 1 is 1.03 bits per heavy atom. The van der Waals surface area contributed by atoms with Gasteiger partial charge in [-0.05, 0) is 64.2 Å². The molecule has 0 amide bonds. The smallest absolute Gasteiger partial charge is 0.201 e. The van der Waals surface area contributed by atoms with E-state index in [2.05, 4.69) is 26.6 Å². The van der Waals surface area contributed by atoms with Crippen LogP contribution in [0.25, 0.3) is 0 Å². The van der Waals surface area contributed by atoms with Gasteiger partial charge in [0.05, 0.1) is 26.9 Å². The summed E-state index contributed by atoms with van der Waals surface area (Å²) in [6, 6.07) is 12.8. The monoisotopic (exact) mass is 576 g/mol. The second-order valence-corrected chi connectivity index (χ2v) is 12.5. The lowest BCUT2D eigenvalue weighted by molar-refractivity contribution is 0.399. The number of phenolic OH excluding ortho intramolecular Hbond substituents is 1. The molecule has 5 rings (SSSR count). The number of aromatic hydroxyl groups is 1. The van der Waals surface area contributed by atoms with E-state index in [4.69, 9.17) is 4.74 Å². The van der Waals surface area contributed by atoms with Crippen molar-refractivity contribution in [3.63, 3.8) is 0 Å². The maximum Gasteiger partial charge on any atom is 0.201 e. The van der Waals surface area contributed by atoms with Gasteiger partial charge in [-0.15, -0.1) is 0 Å². The average molecular weight is 577 g/mol. The normalized spacial score (nSPS) is 19.9. The van der Waals surface area contributed by atoms with E-state index in [-0.39, 0.29) is 33.4 Å². The van der Waals surface area contributed by atoms with Crippen LogP contribution in [-0.4, -0.2) is 19.3 Å². The molecule has 188 valence electrons. The number of hydrogen-bond acceptors (Lipinski definition) is 6. The van der Waals surface area contributed by atoms with E-state index in [1.807, 2.05) is 13.8 Å². The summed E-state index contributed by atoms with van der Waals surface area (Å²) < 4.78 is 64.0. The minimum Gasteiger partial charge on any atom is -0.506 e. The summed E-state index contributed by atoms with van der Waals surface area (Å²) in [6.45, 7) is 3.65. The van der Waals surface area contributed by atoms with Gasteiger partial charge in [-0.2, -0.15) is 4.39 Å². The number of rotatable bonds is 3. The fourth-order valence-corrected chi connectivity index (χ4v) is 7.43. The number of benzene rings is 3. The van der Waals surface area contributed by atoms with Crippen molar-refractivity contribution in [1.82, 2.24) is 0 Å². The quantitative estimate of drug-likeness (QED) is 0.295. The van der Waals surface area contributed by atoms with Crippen molar-refractivity contribution in [2.45, 2.75) is 26.3 Å². The number of phenols is 1. The SMILES string of the molecule is CC1(C)CC2=C([C@@H](c3ccc(Oc4ccccc4Br)c(F)c3F)Nc3cccc(O)c3N2)S(=O)(=O)C1. The van der Waals surface area contributed by atoms with Crippen molar-refractivity contribution < 1.29 is 27.0 Å². The fraction of sp³-hybridized carbons (Fsp3) is 0.231. The van der Waals surface area contributed by atoms with Crippen molar-refractivity contribution in [3.05, 3.63) is 86.9 Å². The molecular weight excluding hydrogens is 554 g/mol. The molecule has 2 aliphatic heterocycles. The van der Waals surface area contributed by atoms with Crippen molar-refractivity contribution in [3.8, 4) is 17.2 Å². The predicted octanol–water partition coefficient (Wildman–Crippen LogP) is 6.86. The molecular formula is C26H23BrF2N2O4S. The zero-order valence-corrected chi connectivity index (χ0v) is 21.8. The lowest BCUT2D eigenvalue weighted by atomic mass is 9.88. The number of anilines is 2. The maximum absolute atomic E-state index is 15.6. The average Bonchev–Trinajstić information content (AvgIpc) is 2.95. The Bertz CT molecular complexity index is 1520. The Kier molecular flexibility index (Phi) is 5.99. The standard InChI is InChI=1S/C26H23BrF2N2O4S/c1-26(2)12-17-25(36(33,34)13-26)23(30-16-7-5-8-18(32)24(16)31-17)14-10-11-20(22(29)21(14)28)35-19-9-4-3-6-15(19)27/h3-11,23,30-32H,12-13H2,1-2H3/t23-/m1/s1. The van der Waals surface area contributed by atoms with Gasteiger partial charge in [0.15, 0.2) is 21.4 Å². The van der Waals surface area contributed by atoms with Gasteiger partial charge in [0.2, 0.25) is 5.82 Å². The van der Waals surface area contributed by atoms with E-state index >= 15 is 8.78 Å². The van der Waals surface area contributed by atoms with Crippen molar-refractivity contribution in [2.24, 2.45) is 5.41 Å². The zero-order valence-electron chi connectivity index (χ0n) is 19.4. The van der Waals surface area contributed by atoms with Crippen LogP contribution in [-0.2, 0) is 9.84 Å². The highest BCUT2D eigenvalue weighted by molar-refractivity contribution is 9.10. The van der Waals surface area contributed by atoms with Crippen molar-refractivity contribution in [2.75, 3.05) is 16.4 Å². The molecule has 1 atom stereocenters. The first-order chi connectivity index (χ1) is 17.0. The largest absolute Gasteiger partial charge is 0.506 e. The predicted molar refractivity (Wildman–Crippen MR) is 138 cm³/mol. The third-order valence-corrected chi connectivity index (χ3v) is 9.16. The number of ether oxygens (including phenoxy) is 1. The highest BCUT2D eigenvalue weighted by Crippen LogP contribution is 2.49. The molecule has 0 radical (unpaired) electrons. The highest BCUT2D eigenvalue weighted by Gasteiger charge is 2.44. The first kappa shape index (κ1) is 24.6. The van der Waals surface area contributed by atoms with E-state index in [1.165, 1.54) is 18.2 Å². The van der Waals surface area contributed by atoms with Gasteiger partial charge in [0.1, 0.15) is 17.2 Å². The number of para-hydroxylation sites is 2.